The summed E-state index contributed by atoms with van der Waals surface area (Å²) in [5, 5.41) is 16.4. The molecular weight excluding hydrogens is 282 g/mol. The smallest absolute Gasteiger partial charge is 0.311 e. The molecule has 22 heavy (non-hydrogen) atoms. The first kappa shape index (κ1) is 14.3. The van der Waals surface area contributed by atoms with Gasteiger partial charge in [-0.25, -0.2) is 0 Å². The molecule has 1 aliphatic carbocycles. The van der Waals surface area contributed by atoms with Crippen molar-refractivity contribution in [1.82, 2.24) is 15.1 Å². The maximum Gasteiger partial charge on any atom is 0.311 e. The standard InChI is InChI=1S/C16H17N3O3/c1-9-8-17-19(2)14(9)15(20)18-13-7-12(16(21)22)10-5-3-4-6-11(10)13/h3-6,8,12-13H,7H2,1-2H3,(H,18,20)(H,21,22). The summed E-state index contributed by atoms with van der Waals surface area (Å²) in [5.41, 5.74) is 2.95. The van der Waals surface area contributed by atoms with Crippen molar-refractivity contribution >= 4 is 11.9 Å². The van der Waals surface area contributed by atoms with Crippen molar-refractivity contribution in [3.05, 3.63) is 52.8 Å². The maximum atomic E-state index is 12.5. The van der Waals surface area contributed by atoms with Gasteiger partial charge in [-0.15, -0.1) is 0 Å². The van der Waals surface area contributed by atoms with Gasteiger partial charge in [0.15, 0.2) is 0 Å². The summed E-state index contributed by atoms with van der Waals surface area (Å²) in [4.78, 5) is 23.9. The minimum Gasteiger partial charge on any atom is -0.481 e. The zero-order chi connectivity index (χ0) is 15.9. The Kier molecular flexibility index (Phi) is 3.44. The largest absolute Gasteiger partial charge is 0.481 e. The number of fused-ring (bicyclic) bond motifs is 1. The molecule has 0 saturated heterocycles. The van der Waals surface area contributed by atoms with Gasteiger partial charge in [-0.05, 0) is 30.0 Å². The average Bonchev–Trinajstić information content (AvgIpc) is 3.00. The summed E-state index contributed by atoms with van der Waals surface area (Å²) in [7, 11) is 1.71. The minimum absolute atomic E-state index is 0.233. The highest BCUT2D eigenvalue weighted by atomic mass is 16.4. The monoisotopic (exact) mass is 299 g/mol. The number of hydrogen-bond acceptors (Lipinski definition) is 3. The molecule has 6 nitrogen and oxygen atoms in total. The van der Waals surface area contributed by atoms with E-state index in [9.17, 15) is 14.7 Å². The molecule has 1 heterocycles. The van der Waals surface area contributed by atoms with Gasteiger partial charge in [0.1, 0.15) is 5.69 Å². The Morgan fingerprint density at radius 2 is 2.00 bits per heavy atom. The highest BCUT2D eigenvalue weighted by Crippen LogP contribution is 2.40. The maximum absolute atomic E-state index is 12.5. The van der Waals surface area contributed by atoms with Crippen LogP contribution < -0.4 is 5.32 Å². The lowest BCUT2D eigenvalue weighted by Gasteiger charge is -2.14. The topological polar surface area (TPSA) is 84.2 Å². The molecule has 0 spiro atoms. The number of carbonyl (C=O) groups is 2. The van der Waals surface area contributed by atoms with Crippen LogP contribution in [0.1, 0.15) is 45.6 Å². The highest BCUT2D eigenvalue weighted by Gasteiger charge is 2.36. The lowest BCUT2D eigenvalue weighted by molar-refractivity contribution is -0.138. The average molecular weight is 299 g/mol. The lowest BCUT2D eigenvalue weighted by Crippen LogP contribution is -2.29. The number of hydrogen-bond donors (Lipinski definition) is 2. The molecule has 1 aromatic heterocycles. The Balaban J connectivity index is 1.88. The molecular formula is C16H17N3O3. The van der Waals surface area contributed by atoms with E-state index in [2.05, 4.69) is 10.4 Å². The molecule has 0 fully saturated rings. The van der Waals surface area contributed by atoms with Crippen molar-refractivity contribution in [3.63, 3.8) is 0 Å². The Morgan fingerprint density at radius 1 is 1.32 bits per heavy atom. The molecule has 114 valence electrons. The van der Waals surface area contributed by atoms with Gasteiger partial charge in [0.05, 0.1) is 18.2 Å². The molecule has 0 aliphatic heterocycles. The first-order valence-corrected chi connectivity index (χ1v) is 7.10. The predicted molar refractivity (Wildman–Crippen MR) is 79.6 cm³/mol. The Hall–Kier alpha value is -2.63. The number of amides is 1. The molecule has 1 aliphatic rings. The Bertz CT molecular complexity index is 731. The van der Waals surface area contributed by atoms with Crippen LogP contribution in [0.2, 0.25) is 0 Å². The molecule has 2 N–H and O–H groups in total. The van der Waals surface area contributed by atoms with Gasteiger partial charge in [-0.3, -0.25) is 14.3 Å². The van der Waals surface area contributed by atoms with E-state index < -0.39 is 11.9 Å². The minimum atomic E-state index is -0.860. The van der Waals surface area contributed by atoms with Crippen LogP contribution in [0.15, 0.2) is 30.5 Å². The number of aryl methyl sites for hydroxylation is 2. The molecule has 0 bridgehead atoms. The van der Waals surface area contributed by atoms with Crippen molar-refractivity contribution in [2.75, 3.05) is 0 Å². The van der Waals surface area contributed by atoms with Crippen LogP contribution in [0.5, 0.6) is 0 Å². The SMILES string of the molecule is Cc1cnn(C)c1C(=O)NC1CC(C(=O)O)c2ccccc21. The Labute approximate surface area is 127 Å². The molecule has 2 aromatic rings. The molecule has 2 unspecified atom stereocenters. The van der Waals surface area contributed by atoms with Crippen molar-refractivity contribution in [3.8, 4) is 0 Å². The number of benzene rings is 1. The van der Waals surface area contributed by atoms with Gasteiger partial charge < -0.3 is 10.4 Å². The van der Waals surface area contributed by atoms with E-state index in [1.54, 1.807) is 13.2 Å². The van der Waals surface area contributed by atoms with Crippen LogP contribution in [0.25, 0.3) is 0 Å². The second-order valence-corrected chi connectivity index (χ2v) is 5.58. The van der Waals surface area contributed by atoms with Gasteiger partial charge in [-0.2, -0.15) is 5.10 Å². The van der Waals surface area contributed by atoms with Crippen molar-refractivity contribution in [2.45, 2.75) is 25.3 Å². The number of nitrogens with zero attached hydrogens (tertiary/aromatic N) is 2. The van der Waals surface area contributed by atoms with Gasteiger partial charge in [0.2, 0.25) is 0 Å². The zero-order valence-electron chi connectivity index (χ0n) is 12.4. The highest BCUT2D eigenvalue weighted by molar-refractivity contribution is 5.94. The van der Waals surface area contributed by atoms with Gasteiger partial charge in [0.25, 0.3) is 5.91 Å². The number of rotatable bonds is 3. The van der Waals surface area contributed by atoms with Crippen molar-refractivity contribution < 1.29 is 14.7 Å². The van der Waals surface area contributed by atoms with Crippen LogP contribution in [0, 0.1) is 6.92 Å². The van der Waals surface area contributed by atoms with Gasteiger partial charge in [0, 0.05) is 7.05 Å². The number of carboxylic acids is 1. The summed E-state index contributed by atoms with van der Waals surface area (Å²) < 4.78 is 1.53. The number of aromatic nitrogens is 2. The van der Waals surface area contributed by atoms with E-state index in [0.717, 1.165) is 16.7 Å². The van der Waals surface area contributed by atoms with Crippen LogP contribution in [-0.4, -0.2) is 26.8 Å². The number of carbonyl (C=O) groups excluding carboxylic acids is 1. The summed E-state index contributed by atoms with van der Waals surface area (Å²) in [5.74, 6) is -1.67. The molecule has 1 aromatic carbocycles. The van der Waals surface area contributed by atoms with Crippen LogP contribution in [0.4, 0.5) is 0 Å². The molecule has 6 heteroatoms. The molecule has 3 rings (SSSR count). The fourth-order valence-corrected chi connectivity index (χ4v) is 3.11. The fourth-order valence-electron chi connectivity index (χ4n) is 3.11. The van der Waals surface area contributed by atoms with E-state index in [1.807, 2.05) is 31.2 Å². The van der Waals surface area contributed by atoms with E-state index in [-0.39, 0.29) is 11.9 Å². The predicted octanol–water partition coefficient (Wildman–Crippen LogP) is 1.77. The lowest BCUT2D eigenvalue weighted by atomic mass is 10.0. The Morgan fingerprint density at radius 3 is 2.59 bits per heavy atom. The van der Waals surface area contributed by atoms with Crippen LogP contribution >= 0.6 is 0 Å². The van der Waals surface area contributed by atoms with Gasteiger partial charge in [-0.1, -0.05) is 24.3 Å². The fraction of sp³-hybridized carbons (Fsp3) is 0.312. The van der Waals surface area contributed by atoms with Gasteiger partial charge >= 0.3 is 5.97 Å². The van der Waals surface area contributed by atoms with E-state index in [1.165, 1.54) is 4.68 Å². The van der Waals surface area contributed by atoms with E-state index >= 15 is 0 Å². The molecule has 0 saturated carbocycles. The van der Waals surface area contributed by atoms with Crippen molar-refractivity contribution in [1.29, 1.82) is 0 Å². The summed E-state index contributed by atoms with van der Waals surface area (Å²) >= 11 is 0. The van der Waals surface area contributed by atoms with Crippen molar-refractivity contribution in [2.24, 2.45) is 7.05 Å². The van der Waals surface area contributed by atoms with Crippen LogP contribution in [-0.2, 0) is 11.8 Å². The van der Waals surface area contributed by atoms with E-state index in [4.69, 9.17) is 0 Å². The summed E-state index contributed by atoms with van der Waals surface area (Å²) in [6.45, 7) is 1.82. The number of nitrogens with one attached hydrogen (secondary N) is 1. The first-order chi connectivity index (χ1) is 10.5. The van der Waals surface area contributed by atoms with Crippen LogP contribution in [0.3, 0.4) is 0 Å². The third kappa shape index (κ3) is 2.26. The molecule has 2 atom stereocenters. The summed E-state index contributed by atoms with van der Waals surface area (Å²) in [6.07, 6.45) is 2.01. The second kappa shape index (κ2) is 5.29. The number of aliphatic carboxylic acids is 1. The van der Waals surface area contributed by atoms with E-state index in [0.29, 0.717) is 12.1 Å². The molecule has 1 amide bonds. The molecule has 0 radical (unpaired) electrons. The second-order valence-electron chi connectivity index (χ2n) is 5.58. The third-order valence-corrected chi connectivity index (χ3v) is 4.16. The quantitative estimate of drug-likeness (QED) is 0.904. The third-order valence-electron chi connectivity index (χ3n) is 4.16. The number of carboxylic acid groups (broad SMARTS) is 1. The first-order valence-electron chi connectivity index (χ1n) is 7.10. The summed E-state index contributed by atoms with van der Waals surface area (Å²) in [6, 6.07) is 7.08. The zero-order valence-corrected chi connectivity index (χ0v) is 12.4. The normalized spacial score (nSPS) is 19.7.